The molecule has 3 nitrogen and oxygen atoms in total. The molecule has 1 aromatic rings. The normalized spacial score (nSPS) is 11.3. The third-order valence-corrected chi connectivity index (χ3v) is 2.62. The van der Waals surface area contributed by atoms with Crippen LogP contribution in [0.4, 0.5) is 0 Å². The molecule has 1 aromatic carbocycles. The van der Waals surface area contributed by atoms with Gasteiger partial charge in [0.25, 0.3) is 0 Å². The Morgan fingerprint density at radius 2 is 2.06 bits per heavy atom. The van der Waals surface area contributed by atoms with Crippen LogP contribution in [0.2, 0.25) is 5.02 Å². The predicted octanol–water partition coefficient (Wildman–Crippen LogP) is 2.73. The molecule has 0 spiro atoms. The maximum absolute atomic E-state index is 11.6. The van der Waals surface area contributed by atoms with Gasteiger partial charge in [-0.1, -0.05) is 23.7 Å². The highest BCUT2D eigenvalue weighted by Crippen LogP contribution is 2.10. The van der Waals surface area contributed by atoms with Crippen LogP contribution in [0.5, 0.6) is 0 Å². The van der Waals surface area contributed by atoms with Gasteiger partial charge in [-0.05, 0) is 38.5 Å². The highest BCUT2D eigenvalue weighted by atomic mass is 35.5. The van der Waals surface area contributed by atoms with Crippen molar-refractivity contribution in [3.8, 4) is 0 Å². The second-order valence-corrected chi connectivity index (χ2v) is 5.77. The molecule has 0 aromatic heterocycles. The standard InChI is InChI=1S/C14H21ClN2O/c1-14(2,3)17-8-7-13(18)16-10-11-5-4-6-12(15)9-11/h4-6,9,17H,7-8,10H2,1-3H3,(H,16,18). The van der Waals surface area contributed by atoms with Gasteiger partial charge in [0.2, 0.25) is 5.91 Å². The number of carbonyl (C=O) groups is 1. The van der Waals surface area contributed by atoms with Crippen molar-refractivity contribution in [1.82, 2.24) is 10.6 Å². The Hall–Kier alpha value is -1.06. The summed E-state index contributed by atoms with van der Waals surface area (Å²) in [5, 5.41) is 6.84. The minimum absolute atomic E-state index is 0.0479. The fourth-order valence-electron chi connectivity index (χ4n) is 1.49. The predicted molar refractivity (Wildman–Crippen MR) is 75.7 cm³/mol. The summed E-state index contributed by atoms with van der Waals surface area (Å²) in [6, 6.07) is 7.50. The lowest BCUT2D eigenvalue weighted by Crippen LogP contribution is -2.38. The van der Waals surface area contributed by atoms with Crippen LogP contribution in [0.25, 0.3) is 0 Å². The third kappa shape index (κ3) is 6.62. The van der Waals surface area contributed by atoms with E-state index in [1.54, 1.807) is 0 Å². The van der Waals surface area contributed by atoms with E-state index in [-0.39, 0.29) is 11.4 Å². The van der Waals surface area contributed by atoms with Gasteiger partial charge in [0.05, 0.1) is 0 Å². The monoisotopic (exact) mass is 268 g/mol. The van der Waals surface area contributed by atoms with Crippen molar-refractivity contribution in [3.05, 3.63) is 34.9 Å². The number of amides is 1. The fraction of sp³-hybridized carbons (Fsp3) is 0.500. The zero-order chi connectivity index (χ0) is 13.6. The largest absolute Gasteiger partial charge is 0.352 e. The van der Waals surface area contributed by atoms with E-state index in [0.717, 1.165) is 5.56 Å². The van der Waals surface area contributed by atoms with Gasteiger partial charge < -0.3 is 10.6 Å². The molecule has 18 heavy (non-hydrogen) atoms. The molecule has 0 atom stereocenters. The first-order valence-corrected chi connectivity index (χ1v) is 6.51. The van der Waals surface area contributed by atoms with E-state index in [1.807, 2.05) is 24.3 Å². The van der Waals surface area contributed by atoms with Gasteiger partial charge in [0.1, 0.15) is 0 Å². The number of hydrogen-bond acceptors (Lipinski definition) is 2. The van der Waals surface area contributed by atoms with Gasteiger partial charge in [-0.25, -0.2) is 0 Å². The van der Waals surface area contributed by atoms with Gasteiger partial charge >= 0.3 is 0 Å². The van der Waals surface area contributed by atoms with E-state index in [9.17, 15) is 4.79 Å². The summed E-state index contributed by atoms with van der Waals surface area (Å²) in [6.07, 6.45) is 0.484. The molecule has 4 heteroatoms. The lowest BCUT2D eigenvalue weighted by atomic mass is 10.1. The molecule has 1 amide bonds. The average Bonchev–Trinajstić information content (AvgIpc) is 2.25. The van der Waals surface area contributed by atoms with Crippen molar-refractivity contribution in [1.29, 1.82) is 0 Å². The molecule has 0 bridgehead atoms. The Bertz CT molecular complexity index is 399. The van der Waals surface area contributed by atoms with Crippen LogP contribution in [0.1, 0.15) is 32.8 Å². The smallest absolute Gasteiger partial charge is 0.221 e. The van der Waals surface area contributed by atoms with Gasteiger partial charge in [0, 0.05) is 30.1 Å². The van der Waals surface area contributed by atoms with Crippen LogP contribution in [0, 0.1) is 0 Å². The van der Waals surface area contributed by atoms with E-state index >= 15 is 0 Å². The number of hydrogen-bond donors (Lipinski definition) is 2. The number of halogens is 1. The van der Waals surface area contributed by atoms with Crippen molar-refractivity contribution in [2.45, 2.75) is 39.3 Å². The SMILES string of the molecule is CC(C)(C)NCCC(=O)NCc1cccc(Cl)c1. The molecule has 0 radical (unpaired) electrons. The van der Waals surface area contributed by atoms with Crippen LogP contribution in [0.3, 0.4) is 0 Å². The Labute approximate surface area is 114 Å². The van der Waals surface area contributed by atoms with E-state index in [1.165, 1.54) is 0 Å². The summed E-state index contributed by atoms with van der Waals surface area (Å²) in [6.45, 7) is 7.45. The highest BCUT2D eigenvalue weighted by Gasteiger charge is 2.09. The molecule has 1 rings (SSSR count). The summed E-state index contributed by atoms with van der Waals surface area (Å²) < 4.78 is 0. The molecular formula is C14H21ClN2O. The summed E-state index contributed by atoms with van der Waals surface area (Å²) in [7, 11) is 0. The molecule has 0 heterocycles. The minimum Gasteiger partial charge on any atom is -0.352 e. The van der Waals surface area contributed by atoms with Gasteiger partial charge in [-0.2, -0.15) is 0 Å². The molecule has 0 fully saturated rings. The van der Waals surface area contributed by atoms with Crippen molar-refractivity contribution in [2.75, 3.05) is 6.54 Å². The first-order valence-electron chi connectivity index (χ1n) is 6.13. The number of nitrogens with one attached hydrogen (secondary N) is 2. The molecular weight excluding hydrogens is 248 g/mol. The molecule has 0 aliphatic carbocycles. The van der Waals surface area contributed by atoms with E-state index in [2.05, 4.69) is 31.4 Å². The van der Waals surface area contributed by atoms with Gasteiger partial charge in [-0.15, -0.1) is 0 Å². The molecule has 0 aliphatic rings. The molecule has 0 unspecified atom stereocenters. The maximum atomic E-state index is 11.6. The highest BCUT2D eigenvalue weighted by molar-refractivity contribution is 6.30. The first-order chi connectivity index (χ1) is 8.37. The fourth-order valence-corrected chi connectivity index (χ4v) is 1.70. The Balaban J connectivity index is 2.25. The minimum atomic E-state index is 0.0479. The molecule has 100 valence electrons. The lowest BCUT2D eigenvalue weighted by molar-refractivity contribution is -0.121. The average molecular weight is 269 g/mol. The zero-order valence-corrected chi connectivity index (χ0v) is 12.0. The number of rotatable bonds is 5. The summed E-state index contributed by atoms with van der Waals surface area (Å²) >= 11 is 5.87. The van der Waals surface area contributed by atoms with E-state index in [4.69, 9.17) is 11.6 Å². The van der Waals surface area contributed by atoms with E-state index < -0.39 is 0 Å². The van der Waals surface area contributed by atoms with Crippen molar-refractivity contribution in [2.24, 2.45) is 0 Å². The number of benzene rings is 1. The molecule has 2 N–H and O–H groups in total. The molecule has 0 saturated heterocycles. The molecule has 0 aliphatic heterocycles. The van der Waals surface area contributed by atoms with Crippen LogP contribution in [-0.2, 0) is 11.3 Å². The van der Waals surface area contributed by atoms with Gasteiger partial charge in [0.15, 0.2) is 0 Å². The quantitative estimate of drug-likeness (QED) is 0.862. The second kappa shape index (κ2) is 6.76. The summed E-state index contributed by atoms with van der Waals surface area (Å²) in [4.78, 5) is 11.6. The summed E-state index contributed by atoms with van der Waals surface area (Å²) in [5.74, 6) is 0.0479. The van der Waals surface area contributed by atoms with E-state index in [0.29, 0.717) is 24.5 Å². The zero-order valence-electron chi connectivity index (χ0n) is 11.2. The number of carbonyl (C=O) groups excluding carboxylic acids is 1. The third-order valence-electron chi connectivity index (χ3n) is 2.39. The maximum Gasteiger partial charge on any atom is 0.221 e. The topological polar surface area (TPSA) is 41.1 Å². The van der Waals surface area contributed by atoms with Crippen LogP contribution >= 0.6 is 11.6 Å². The van der Waals surface area contributed by atoms with Gasteiger partial charge in [-0.3, -0.25) is 4.79 Å². The second-order valence-electron chi connectivity index (χ2n) is 5.33. The van der Waals surface area contributed by atoms with Crippen LogP contribution < -0.4 is 10.6 Å². The summed E-state index contributed by atoms with van der Waals surface area (Å²) in [5.41, 5.74) is 1.06. The Morgan fingerprint density at radius 1 is 1.33 bits per heavy atom. The van der Waals surface area contributed by atoms with Crippen molar-refractivity contribution < 1.29 is 4.79 Å². The Morgan fingerprint density at radius 3 is 2.67 bits per heavy atom. The lowest BCUT2D eigenvalue weighted by Gasteiger charge is -2.20. The Kier molecular flexibility index (Phi) is 5.63. The van der Waals surface area contributed by atoms with Crippen LogP contribution in [-0.4, -0.2) is 18.0 Å². The first kappa shape index (κ1) is 15.0. The van der Waals surface area contributed by atoms with Crippen LogP contribution in [0.15, 0.2) is 24.3 Å². The molecule has 0 saturated carbocycles. The van der Waals surface area contributed by atoms with Crippen molar-refractivity contribution >= 4 is 17.5 Å². The van der Waals surface area contributed by atoms with Crippen molar-refractivity contribution in [3.63, 3.8) is 0 Å².